The molecule has 2 aromatic heterocycles. The fraction of sp³-hybridized carbons (Fsp3) is 0.0909. The normalized spacial score (nSPS) is 10.3. The lowest BCUT2D eigenvalue weighted by molar-refractivity contribution is 0.102. The van der Waals surface area contributed by atoms with Crippen molar-refractivity contribution in [3.63, 3.8) is 0 Å². The number of carbonyl (C=O) groups is 1. The summed E-state index contributed by atoms with van der Waals surface area (Å²) in [6.07, 6.45) is 1.61. The van der Waals surface area contributed by atoms with E-state index < -0.39 is 0 Å². The van der Waals surface area contributed by atoms with E-state index in [2.05, 4.69) is 26.2 Å². The molecule has 17 heavy (non-hydrogen) atoms. The van der Waals surface area contributed by atoms with Gasteiger partial charge in [-0.05, 0) is 40.5 Å². The highest BCUT2D eigenvalue weighted by molar-refractivity contribution is 9.11. The summed E-state index contributed by atoms with van der Waals surface area (Å²) in [7, 11) is 0. The largest absolute Gasteiger partial charge is 0.319 e. The number of nitrogens with zero attached hydrogens (tertiary/aromatic N) is 1. The van der Waals surface area contributed by atoms with Crippen molar-refractivity contribution >= 4 is 50.5 Å². The zero-order valence-corrected chi connectivity index (χ0v) is 12.0. The van der Waals surface area contributed by atoms with Gasteiger partial charge in [-0.15, -0.1) is 11.3 Å². The van der Waals surface area contributed by atoms with E-state index in [4.69, 9.17) is 11.6 Å². The van der Waals surface area contributed by atoms with Crippen LogP contribution in [-0.2, 0) is 0 Å². The number of thiophene rings is 1. The molecule has 88 valence electrons. The number of hydrogen-bond acceptors (Lipinski definition) is 3. The highest BCUT2D eigenvalue weighted by Crippen LogP contribution is 2.25. The third-order valence-electron chi connectivity index (χ3n) is 2.18. The lowest BCUT2D eigenvalue weighted by Crippen LogP contribution is -2.12. The van der Waals surface area contributed by atoms with Crippen LogP contribution in [0.3, 0.4) is 0 Å². The second kappa shape index (κ2) is 5.16. The lowest BCUT2D eigenvalue weighted by Gasteiger charge is -2.08. The van der Waals surface area contributed by atoms with Crippen molar-refractivity contribution in [3.05, 3.63) is 43.8 Å². The average molecular weight is 332 g/mol. The van der Waals surface area contributed by atoms with E-state index in [0.29, 0.717) is 16.4 Å². The van der Waals surface area contributed by atoms with Crippen molar-refractivity contribution in [2.75, 3.05) is 5.32 Å². The molecule has 0 fully saturated rings. The Bertz CT molecular complexity index is 550. The van der Waals surface area contributed by atoms with Crippen LogP contribution in [0.1, 0.15) is 15.9 Å². The van der Waals surface area contributed by atoms with Crippen LogP contribution < -0.4 is 5.32 Å². The van der Waals surface area contributed by atoms with Crippen molar-refractivity contribution in [1.29, 1.82) is 0 Å². The zero-order valence-electron chi connectivity index (χ0n) is 8.83. The Balaban J connectivity index is 2.24. The predicted octanol–water partition coefficient (Wildman–Crippen LogP) is 4.12. The van der Waals surface area contributed by atoms with Gasteiger partial charge in [-0.3, -0.25) is 4.79 Å². The number of aromatic nitrogens is 1. The first-order valence-corrected chi connectivity index (χ1v) is 6.79. The summed E-state index contributed by atoms with van der Waals surface area (Å²) in [5.41, 5.74) is 2.04. The average Bonchev–Trinajstić information content (AvgIpc) is 2.70. The zero-order chi connectivity index (χ0) is 12.4. The summed E-state index contributed by atoms with van der Waals surface area (Å²) in [4.78, 5) is 15.9. The molecule has 0 unspecified atom stereocenters. The van der Waals surface area contributed by atoms with E-state index in [1.54, 1.807) is 23.7 Å². The van der Waals surface area contributed by atoms with Crippen molar-refractivity contribution < 1.29 is 4.79 Å². The fourth-order valence-corrected chi connectivity index (χ4v) is 2.68. The van der Waals surface area contributed by atoms with E-state index in [-0.39, 0.29) is 5.91 Å². The van der Waals surface area contributed by atoms with Gasteiger partial charge in [0.15, 0.2) is 5.15 Å². The molecule has 6 heteroatoms. The molecule has 3 nitrogen and oxygen atoms in total. The number of aryl methyl sites for hydroxylation is 1. The van der Waals surface area contributed by atoms with Crippen LogP contribution in [0.2, 0.25) is 5.15 Å². The van der Waals surface area contributed by atoms with Crippen LogP contribution in [0, 0.1) is 6.92 Å². The first-order valence-electron chi connectivity index (χ1n) is 4.74. The highest BCUT2D eigenvalue weighted by atomic mass is 79.9. The molecule has 0 aliphatic carbocycles. The third kappa shape index (κ3) is 2.86. The number of amides is 1. The molecule has 2 rings (SSSR count). The summed E-state index contributed by atoms with van der Waals surface area (Å²) in [5, 5.41) is 4.84. The quantitative estimate of drug-likeness (QED) is 0.841. The van der Waals surface area contributed by atoms with Gasteiger partial charge >= 0.3 is 0 Å². The Hall–Kier alpha value is -0.910. The maximum atomic E-state index is 11.9. The second-order valence-electron chi connectivity index (χ2n) is 3.39. The van der Waals surface area contributed by atoms with Gasteiger partial charge in [0, 0.05) is 11.6 Å². The number of anilines is 1. The molecular formula is C11H8BrClN2OS. The molecule has 0 aliphatic heterocycles. The molecular weight excluding hydrogens is 324 g/mol. The van der Waals surface area contributed by atoms with E-state index in [1.165, 1.54) is 11.3 Å². The minimum atomic E-state index is -0.190. The summed E-state index contributed by atoms with van der Waals surface area (Å²) in [6.45, 7) is 1.87. The molecule has 0 bridgehead atoms. The van der Waals surface area contributed by atoms with Crippen molar-refractivity contribution in [1.82, 2.24) is 4.98 Å². The van der Waals surface area contributed by atoms with Gasteiger partial charge in [-0.2, -0.15) is 0 Å². The van der Waals surface area contributed by atoms with Gasteiger partial charge in [0.2, 0.25) is 0 Å². The molecule has 2 heterocycles. The molecule has 1 N–H and O–H groups in total. The smallest absolute Gasteiger partial charge is 0.256 e. The molecule has 0 spiro atoms. The Kier molecular flexibility index (Phi) is 3.81. The first kappa shape index (κ1) is 12.5. The Morgan fingerprint density at radius 1 is 1.59 bits per heavy atom. The minimum Gasteiger partial charge on any atom is -0.319 e. The maximum Gasteiger partial charge on any atom is 0.256 e. The maximum absolute atomic E-state index is 11.9. The molecule has 2 aromatic rings. The van der Waals surface area contributed by atoms with Gasteiger partial charge in [-0.25, -0.2) is 4.98 Å². The van der Waals surface area contributed by atoms with E-state index in [9.17, 15) is 4.79 Å². The van der Waals surface area contributed by atoms with Crippen molar-refractivity contribution in [2.24, 2.45) is 0 Å². The monoisotopic (exact) mass is 330 g/mol. The van der Waals surface area contributed by atoms with Gasteiger partial charge in [0.25, 0.3) is 5.91 Å². The van der Waals surface area contributed by atoms with Crippen LogP contribution in [0.4, 0.5) is 5.69 Å². The van der Waals surface area contributed by atoms with Gasteiger partial charge in [0.1, 0.15) is 0 Å². The van der Waals surface area contributed by atoms with E-state index in [1.807, 2.05) is 6.92 Å². The number of nitrogens with one attached hydrogen (secondary N) is 1. The van der Waals surface area contributed by atoms with Gasteiger partial charge in [0.05, 0.1) is 15.0 Å². The lowest BCUT2D eigenvalue weighted by atomic mass is 10.2. The van der Waals surface area contributed by atoms with Crippen molar-refractivity contribution in [3.8, 4) is 0 Å². The van der Waals surface area contributed by atoms with Crippen LogP contribution in [0.5, 0.6) is 0 Å². The standard InChI is InChI=1S/C11H8BrClN2OS/c1-6-2-3-14-10(13)9(6)15-11(16)7-4-8(12)17-5-7/h2-5H,1H3,(H,15,16). The topological polar surface area (TPSA) is 42.0 Å². The molecule has 0 aromatic carbocycles. The Morgan fingerprint density at radius 3 is 2.94 bits per heavy atom. The summed E-state index contributed by atoms with van der Waals surface area (Å²) in [6, 6.07) is 3.56. The predicted molar refractivity (Wildman–Crippen MR) is 74.0 cm³/mol. The first-order chi connectivity index (χ1) is 8.08. The van der Waals surface area contributed by atoms with Gasteiger partial charge < -0.3 is 5.32 Å². The van der Waals surface area contributed by atoms with Crippen molar-refractivity contribution in [2.45, 2.75) is 6.92 Å². The molecule has 0 saturated heterocycles. The fourth-order valence-electron chi connectivity index (χ4n) is 1.29. The summed E-state index contributed by atoms with van der Waals surface area (Å²) in [5.74, 6) is -0.190. The minimum absolute atomic E-state index is 0.190. The van der Waals surface area contributed by atoms with Gasteiger partial charge in [-0.1, -0.05) is 11.6 Å². The Labute approximate surface area is 116 Å². The van der Waals surface area contributed by atoms with E-state index in [0.717, 1.165) is 9.35 Å². The van der Waals surface area contributed by atoms with Crippen LogP contribution in [0.25, 0.3) is 0 Å². The molecule has 0 aliphatic rings. The molecule has 0 atom stereocenters. The SMILES string of the molecule is Cc1ccnc(Cl)c1NC(=O)c1csc(Br)c1. The molecule has 0 radical (unpaired) electrons. The number of hydrogen-bond donors (Lipinski definition) is 1. The number of rotatable bonds is 2. The van der Waals surface area contributed by atoms with Crippen LogP contribution in [-0.4, -0.2) is 10.9 Å². The third-order valence-corrected chi connectivity index (χ3v) is 3.97. The van der Waals surface area contributed by atoms with Crippen LogP contribution in [0.15, 0.2) is 27.5 Å². The molecule has 1 amide bonds. The number of halogens is 2. The second-order valence-corrected chi connectivity index (χ2v) is 6.04. The van der Waals surface area contributed by atoms with E-state index >= 15 is 0 Å². The number of carbonyl (C=O) groups excluding carboxylic acids is 1. The van der Waals surface area contributed by atoms with Crippen LogP contribution >= 0.6 is 38.9 Å². The summed E-state index contributed by atoms with van der Waals surface area (Å²) < 4.78 is 0.914. The molecule has 0 saturated carbocycles. The summed E-state index contributed by atoms with van der Waals surface area (Å²) >= 11 is 10.7. The number of pyridine rings is 1. The highest BCUT2D eigenvalue weighted by Gasteiger charge is 2.12. The Morgan fingerprint density at radius 2 is 2.35 bits per heavy atom.